The van der Waals surface area contributed by atoms with Gasteiger partial charge in [0.05, 0.1) is 11.4 Å². The zero-order chi connectivity index (χ0) is 18.7. The van der Waals surface area contributed by atoms with Crippen LogP contribution in [-0.4, -0.2) is 38.1 Å². The minimum atomic E-state index is -3.46. The van der Waals surface area contributed by atoms with Crippen LogP contribution < -0.4 is 5.32 Å². The molecule has 2 aromatic rings. The number of hydrogen-bond acceptors (Lipinski definition) is 4. The summed E-state index contributed by atoms with van der Waals surface area (Å²) < 4.78 is 26.5. The summed E-state index contributed by atoms with van der Waals surface area (Å²) in [6.07, 6.45) is 1.79. The third kappa shape index (κ3) is 4.09. The second kappa shape index (κ2) is 7.78. The zero-order valence-electron chi connectivity index (χ0n) is 14.5. The van der Waals surface area contributed by atoms with Crippen LogP contribution in [0, 0.1) is 6.92 Å². The summed E-state index contributed by atoms with van der Waals surface area (Å²) >= 11 is 5.98. The lowest BCUT2D eigenvalue weighted by atomic mass is 10.1. The first-order chi connectivity index (χ1) is 12.4. The Morgan fingerprint density at radius 1 is 1.12 bits per heavy atom. The number of rotatable bonds is 6. The molecule has 0 spiro atoms. The summed E-state index contributed by atoms with van der Waals surface area (Å²) in [4.78, 5) is 12.6. The number of sulfonamides is 1. The standard InChI is InChI=1S/C19H21ClN2O3S/c1-14-4-7-16(20)12-18(14)21-13-19(23)15-5-8-17(9-6-15)26(24,25)22-10-2-3-11-22/h4-9,12,21H,2-3,10-11,13H2,1H3. The molecular weight excluding hydrogens is 372 g/mol. The Balaban J connectivity index is 1.68. The van der Waals surface area contributed by atoms with Crippen LogP contribution in [0.5, 0.6) is 0 Å². The number of carbonyl (C=O) groups excluding carboxylic acids is 1. The molecule has 0 unspecified atom stereocenters. The summed E-state index contributed by atoms with van der Waals surface area (Å²) in [5, 5.41) is 3.68. The molecule has 26 heavy (non-hydrogen) atoms. The number of carbonyl (C=O) groups is 1. The van der Waals surface area contributed by atoms with Crippen LogP contribution in [0.3, 0.4) is 0 Å². The van der Waals surface area contributed by atoms with E-state index in [1.54, 1.807) is 24.3 Å². The number of halogens is 1. The van der Waals surface area contributed by atoms with Crippen molar-refractivity contribution in [3.8, 4) is 0 Å². The van der Waals surface area contributed by atoms with Gasteiger partial charge in [-0.15, -0.1) is 0 Å². The van der Waals surface area contributed by atoms with Gasteiger partial charge in [0.2, 0.25) is 10.0 Å². The van der Waals surface area contributed by atoms with Crippen molar-refractivity contribution in [2.45, 2.75) is 24.7 Å². The molecule has 7 heteroatoms. The Labute approximate surface area is 159 Å². The lowest BCUT2D eigenvalue weighted by Crippen LogP contribution is -2.27. The number of nitrogens with zero attached hydrogens (tertiary/aromatic N) is 1. The summed E-state index contributed by atoms with van der Waals surface area (Å²) in [5.41, 5.74) is 2.27. The second-order valence-corrected chi connectivity index (χ2v) is 8.75. The molecule has 2 aromatic carbocycles. The highest BCUT2D eigenvalue weighted by atomic mass is 35.5. The molecule has 0 radical (unpaired) electrons. The van der Waals surface area contributed by atoms with E-state index in [4.69, 9.17) is 11.6 Å². The highest BCUT2D eigenvalue weighted by molar-refractivity contribution is 7.89. The van der Waals surface area contributed by atoms with E-state index in [1.165, 1.54) is 16.4 Å². The summed E-state index contributed by atoms with van der Waals surface area (Å²) in [7, 11) is -3.46. The van der Waals surface area contributed by atoms with Crippen molar-refractivity contribution in [1.29, 1.82) is 0 Å². The topological polar surface area (TPSA) is 66.5 Å². The average Bonchev–Trinajstić information content (AvgIpc) is 3.18. The van der Waals surface area contributed by atoms with E-state index >= 15 is 0 Å². The van der Waals surface area contributed by atoms with Crippen molar-refractivity contribution in [1.82, 2.24) is 4.31 Å². The van der Waals surface area contributed by atoms with Crippen molar-refractivity contribution in [2.24, 2.45) is 0 Å². The van der Waals surface area contributed by atoms with Gasteiger partial charge < -0.3 is 5.32 Å². The van der Waals surface area contributed by atoms with E-state index in [-0.39, 0.29) is 17.2 Å². The van der Waals surface area contributed by atoms with Gasteiger partial charge in [0.1, 0.15) is 0 Å². The van der Waals surface area contributed by atoms with Crippen LogP contribution in [0.1, 0.15) is 28.8 Å². The number of anilines is 1. The van der Waals surface area contributed by atoms with Gasteiger partial charge in [-0.25, -0.2) is 8.42 Å². The molecule has 1 aliphatic rings. The van der Waals surface area contributed by atoms with E-state index in [0.29, 0.717) is 23.7 Å². The molecule has 5 nitrogen and oxygen atoms in total. The molecule has 1 N–H and O–H groups in total. The molecule has 0 aromatic heterocycles. The Morgan fingerprint density at radius 2 is 1.77 bits per heavy atom. The predicted molar refractivity (Wildman–Crippen MR) is 103 cm³/mol. The largest absolute Gasteiger partial charge is 0.377 e. The van der Waals surface area contributed by atoms with Crippen LogP contribution in [0.2, 0.25) is 5.02 Å². The Kier molecular flexibility index (Phi) is 5.65. The molecule has 3 rings (SSSR count). The molecule has 0 aliphatic carbocycles. The van der Waals surface area contributed by atoms with Gasteiger partial charge in [-0.1, -0.05) is 17.7 Å². The zero-order valence-corrected chi connectivity index (χ0v) is 16.1. The normalized spacial score (nSPS) is 15.2. The van der Waals surface area contributed by atoms with Crippen LogP contribution in [0.4, 0.5) is 5.69 Å². The highest BCUT2D eigenvalue weighted by Gasteiger charge is 2.27. The predicted octanol–water partition coefficient (Wildman–Crippen LogP) is 3.73. The maximum Gasteiger partial charge on any atom is 0.243 e. The molecule has 0 saturated carbocycles. The van der Waals surface area contributed by atoms with E-state index < -0.39 is 10.0 Å². The van der Waals surface area contributed by atoms with Gasteiger partial charge in [0.15, 0.2) is 5.78 Å². The minimum Gasteiger partial charge on any atom is -0.377 e. The van der Waals surface area contributed by atoms with Crippen LogP contribution >= 0.6 is 11.6 Å². The quantitative estimate of drug-likeness (QED) is 0.760. The van der Waals surface area contributed by atoms with Crippen molar-refractivity contribution in [2.75, 3.05) is 25.0 Å². The van der Waals surface area contributed by atoms with Gasteiger partial charge in [-0.3, -0.25) is 4.79 Å². The summed E-state index contributed by atoms with van der Waals surface area (Å²) in [6.45, 7) is 3.17. The van der Waals surface area contributed by atoms with Crippen molar-refractivity contribution >= 4 is 33.1 Å². The molecule has 1 fully saturated rings. The number of ketones is 1. The highest BCUT2D eigenvalue weighted by Crippen LogP contribution is 2.22. The molecular formula is C19H21ClN2O3S. The van der Waals surface area contributed by atoms with Crippen LogP contribution in [0.15, 0.2) is 47.4 Å². The van der Waals surface area contributed by atoms with Crippen molar-refractivity contribution < 1.29 is 13.2 Å². The molecule has 1 aliphatic heterocycles. The van der Waals surface area contributed by atoms with E-state index in [1.807, 2.05) is 13.0 Å². The van der Waals surface area contributed by atoms with Gasteiger partial charge in [-0.2, -0.15) is 4.31 Å². The molecule has 0 bridgehead atoms. The first-order valence-electron chi connectivity index (χ1n) is 8.51. The summed E-state index contributed by atoms with van der Waals surface area (Å²) in [6, 6.07) is 11.6. The van der Waals surface area contributed by atoms with E-state index in [9.17, 15) is 13.2 Å². The van der Waals surface area contributed by atoms with E-state index in [2.05, 4.69) is 5.32 Å². The lowest BCUT2D eigenvalue weighted by molar-refractivity contribution is 0.101. The first-order valence-corrected chi connectivity index (χ1v) is 10.3. The number of benzene rings is 2. The van der Waals surface area contributed by atoms with E-state index in [0.717, 1.165) is 24.1 Å². The van der Waals surface area contributed by atoms with Crippen molar-refractivity contribution in [3.63, 3.8) is 0 Å². The fraction of sp³-hybridized carbons (Fsp3) is 0.316. The number of aryl methyl sites for hydroxylation is 1. The fourth-order valence-corrected chi connectivity index (χ4v) is 4.64. The maximum absolute atomic E-state index is 12.5. The van der Waals surface area contributed by atoms with Gasteiger partial charge >= 0.3 is 0 Å². The van der Waals surface area contributed by atoms with Gasteiger partial charge in [-0.05, 0) is 61.7 Å². The van der Waals surface area contributed by atoms with Gasteiger partial charge in [0.25, 0.3) is 0 Å². The molecule has 1 heterocycles. The number of hydrogen-bond donors (Lipinski definition) is 1. The molecule has 0 amide bonds. The minimum absolute atomic E-state index is 0.111. The Morgan fingerprint density at radius 3 is 2.42 bits per heavy atom. The maximum atomic E-state index is 12.5. The van der Waals surface area contributed by atoms with Crippen LogP contribution in [-0.2, 0) is 10.0 Å². The molecule has 0 atom stereocenters. The number of Topliss-reactive ketones (excluding diaryl/α,β-unsaturated/α-hetero) is 1. The lowest BCUT2D eigenvalue weighted by Gasteiger charge is -2.15. The first kappa shape index (κ1) is 18.9. The average molecular weight is 393 g/mol. The third-order valence-electron chi connectivity index (χ3n) is 4.52. The monoisotopic (exact) mass is 392 g/mol. The second-order valence-electron chi connectivity index (χ2n) is 6.37. The van der Waals surface area contributed by atoms with Crippen molar-refractivity contribution in [3.05, 3.63) is 58.6 Å². The Hall–Kier alpha value is -1.89. The fourth-order valence-electron chi connectivity index (χ4n) is 2.95. The van der Waals surface area contributed by atoms with Crippen LogP contribution in [0.25, 0.3) is 0 Å². The number of nitrogens with one attached hydrogen (secondary N) is 1. The summed E-state index contributed by atoms with van der Waals surface area (Å²) in [5.74, 6) is -0.116. The van der Waals surface area contributed by atoms with Gasteiger partial charge in [0, 0.05) is 29.4 Å². The molecule has 138 valence electrons. The molecule has 1 saturated heterocycles. The SMILES string of the molecule is Cc1ccc(Cl)cc1NCC(=O)c1ccc(S(=O)(=O)N2CCCC2)cc1. The smallest absolute Gasteiger partial charge is 0.243 e. The Bertz CT molecular complexity index is 905. The third-order valence-corrected chi connectivity index (χ3v) is 6.67.